The molecule has 26 heavy (non-hydrogen) atoms. The minimum absolute atomic E-state index is 0.0542. The third kappa shape index (κ3) is 3.31. The van der Waals surface area contributed by atoms with Crippen molar-refractivity contribution < 1.29 is 9.32 Å². The molecule has 0 unspecified atom stereocenters. The van der Waals surface area contributed by atoms with Crippen molar-refractivity contribution in [1.82, 2.24) is 25.0 Å². The number of amides is 1. The van der Waals surface area contributed by atoms with Gasteiger partial charge in [0.2, 0.25) is 23.4 Å². The molecule has 1 aliphatic heterocycles. The highest BCUT2D eigenvalue weighted by Gasteiger charge is 2.34. The number of para-hydroxylation sites is 1. The zero-order valence-corrected chi connectivity index (χ0v) is 14.3. The van der Waals surface area contributed by atoms with Crippen LogP contribution in [0.4, 0.5) is 5.69 Å². The van der Waals surface area contributed by atoms with Crippen molar-refractivity contribution in [2.45, 2.75) is 5.92 Å². The highest BCUT2D eigenvalue weighted by atomic mass is 16.5. The van der Waals surface area contributed by atoms with Crippen LogP contribution >= 0.6 is 0 Å². The van der Waals surface area contributed by atoms with Crippen LogP contribution in [0.25, 0.3) is 11.6 Å². The fraction of sp³-hybridized carbons (Fsp3) is 0.278. The molecule has 3 heterocycles. The van der Waals surface area contributed by atoms with Crippen LogP contribution in [-0.4, -0.2) is 57.6 Å². The summed E-state index contributed by atoms with van der Waals surface area (Å²) in [6.07, 6.45) is 3.27. The Kier molecular flexibility index (Phi) is 4.40. The number of hydrogen-bond donors (Lipinski definition) is 0. The predicted octanol–water partition coefficient (Wildman–Crippen LogP) is 1.59. The second-order valence-corrected chi connectivity index (χ2v) is 6.21. The summed E-state index contributed by atoms with van der Waals surface area (Å²) in [5, 5.41) is 3.94. The zero-order valence-electron chi connectivity index (χ0n) is 14.3. The topological polar surface area (TPSA) is 88.3 Å². The van der Waals surface area contributed by atoms with Crippen molar-refractivity contribution in [1.29, 1.82) is 0 Å². The first kappa shape index (κ1) is 16.3. The summed E-state index contributed by atoms with van der Waals surface area (Å²) in [5.41, 5.74) is 0.888. The van der Waals surface area contributed by atoms with E-state index in [2.05, 4.69) is 25.0 Å². The van der Waals surface area contributed by atoms with Gasteiger partial charge in [0.25, 0.3) is 0 Å². The summed E-state index contributed by atoms with van der Waals surface area (Å²) in [6.45, 7) is 1.79. The van der Waals surface area contributed by atoms with Crippen molar-refractivity contribution in [3.8, 4) is 11.6 Å². The third-order valence-electron chi connectivity index (χ3n) is 4.39. The molecule has 4 rings (SSSR count). The Labute approximate surface area is 150 Å². The lowest BCUT2D eigenvalue weighted by molar-refractivity contribution is -0.120. The van der Waals surface area contributed by atoms with Crippen LogP contribution in [0, 0.1) is 0 Å². The quantitative estimate of drug-likeness (QED) is 0.690. The molecular weight excluding hydrogens is 332 g/mol. The summed E-state index contributed by atoms with van der Waals surface area (Å²) in [6, 6.07) is 11.3. The molecule has 8 nitrogen and oxygen atoms in total. The monoisotopic (exact) mass is 350 g/mol. The van der Waals surface area contributed by atoms with Gasteiger partial charge >= 0.3 is 0 Å². The number of carbonyl (C=O) groups excluding carboxylic acids is 1. The minimum Gasteiger partial charge on any atom is -0.338 e. The lowest BCUT2D eigenvalue weighted by atomic mass is 10.0. The van der Waals surface area contributed by atoms with Crippen molar-refractivity contribution in [2.24, 2.45) is 0 Å². The van der Waals surface area contributed by atoms with Crippen LogP contribution in [-0.2, 0) is 4.79 Å². The molecule has 1 fully saturated rings. The second kappa shape index (κ2) is 7.01. The molecule has 2 aromatic heterocycles. The molecule has 0 atom stereocenters. The van der Waals surface area contributed by atoms with Crippen LogP contribution in [0.3, 0.4) is 0 Å². The van der Waals surface area contributed by atoms with Gasteiger partial charge in [-0.25, -0.2) is 9.97 Å². The SMILES string of the molecule is CN(C(=O)CN1CC(c2nc(-c3ncccn3)no2)C1)c1ccccc1. The second-order valence-electron chi connectivity index (χ2n) is 6.21. The maximum absolute atomic E-state index is 12.4. The number of hydrogen-bond acceptors (Lipinski definition) is 7. The summed E-state index contributed by atoms with van der Waals surface area (Å²) in [5.74, 6) is 1.58. The van der Waals surface area contributed by atoms with E-state index in [1.165, 1.54) is 0 Å². The molecule has 3 aromatic rings. The van der Waals surface area contributed by atoms with E-state index >= 15 is 0 Å². The first-order valence-electron chi connectivity index (χ1n) is 8.35. The van der Waals surface area contributed by atoms with E-state index < -0.39 is 0 Å². The fourth-order valence-corrected chi connectivity index (χ4v) is 2.85. The summed E-state index contributed by atoms with van der Waals surface area (Å²) in [4.78, 5) is 28.7. The molecule has 0 aliphatic carbocycles. The normalized spacial score (nSPS) is 14.8. The van der Waals surface area contributed by atoms with E-state index in [-0.39, 0.29) is 11.8 Å². The van der Waals surface area contributed by atoms with E-state index in [0.717, 1.165) is 5.69 Å². The first-order valence-corrected chi connectivity index (χ1v) is 8.35. The van der Waals surface area contributed by atoms with Crippen molar-refractivity contribution in [3.63, 3.8) is 0 Å². The third-order valence-corrected chi connectivity index (χ3v) is 4.39. The molecule has 8 heteroatoms. The number of benzene rings is 1. The molecule has 0 radical (unpaired) electrons. The number of carbonyl (C=O) groups is 1. The van der Waals surface area contributed by atoms with E-state index in [1.807, 2.05) is 30.3 Å². The number of nitrogens with zero attached hydrogens (tertiary/aromatic N) is 6. The van der Waals surface area contributed by atoms with E-state index in [0.29, 0.717) is 37.2 Å². The van der Waals surface area contributed by atoms with Gasteiger partial charge in [0.05, 0.1) is 12.5 Å². The van der Waals surface area contributed by atoms with Gasteiger partial charge in [-0.3, -0.25) is 9.69 Å². The maximum Gasteiger partial charge on any atom is 0.240 e. The summed E-state index contributed by atoms with van der Waals surface area (Å²) in [7, 11) is 1.79. The number of anilines is 1. The van der Waals surface area contributed by atoms with Gasteiger partial charge in [-0.05, 0) is 18.2 Å². The van der Waals surface area contributed by atoms with Gasteiger partial charge in [0.1, 0.15) is 0 Å². The van der Waals surface area contributed by atoms with Crippen LogP contribution in [0.2, 0.25) is 0 Å². The van der Waals surface area contributed by atoms with Gasteiger partial charge in [0, 0.05) is 38.2 Å². The largest absolute Gasteiger partial charge is 0.338 e. The van der Waals surface area contributed by atoms with Gasteiger partial charge in [0.15, 0.2) is 0 Å². The van der Waals surface area contributed by atoms with Gasteiger partial charge < -0.3 is 9.42 Å². The predicted molar refractivity (Wildman–Crippen MR) is 94.4 cm³/mol. The Bertz CT molecular complexity index is 877. The lowest BCUT2D eigenvalue weighted by Gasteiger charge is -2.37. The number of aromatic nitrogens is 4. The Morgan fingerprint density at radius 2 is 1.88 bits per heavy atom. The molecule has 0 saturated carbocycles. The van der Waals surface area contributed by atoms with Gasteiger partial charge in [-0.15, -0.1) is 0 Å². The standard InChI is InChI=1S/C18H18N6O2/c1-23(14-6-3-2-4-7-14)15(25)12-24-10-13(11-24)18-21-17(22-26-18)16-19-8-5-9-20-16/h2-9,13H,10-12H2,1H3. The van der Waals surface area contributed by atoms with Gasteiger partial charge in [-0.1, -0.05) is 23.4 Å². The van der Waals surface area contributed by atoms with Crippen molar-refractivity contribution >= 4 is 11.6 Å². The molecule has 0 N–H and O–H groups in total. The maximum atomic E-state index is 12.4. The zero-order chi connectivity index (χ0) is 17.9. The molecule has 1 amide bonds. The number of rotatable bonds is 5. The average molecular weight is 350 g/mol. The molecule has 1 aliphatic rings. The molecular formula is C18H18N6O2. The van der Waals surface area contributed by atoms with Crippen molar-refractivity contribution in [3.05, 3.63) is 54.7 Å². The van der Waals surface area contributed by atoms with E-state index in [9.17, 15) is 4.79 Å². The highest BCUT2D eigenvalue weighted by molar-refractivity contribution is 5.94. The molecule has 1 saturated heterocycles. The highest BCUT2D eigenvalue weighted by Crippen LogP contribution is 2.27. The smallest absolute Gasteiger partial charge is 0.240 e. The lowest BCUT2D eigenvalue weighted by Crippen LogP contribution is -2.50. The Balaban J connectivity index is 1.32. The first-order chi connectivity index (χ1) is 12.7. The summed E-state index contributed by atoms with van der Waals surface area (Å²) < 4.78 is 5.33. The van der Waals surface area contributed by atoms with Crippen LogP contribution < -0.4 is 4.90 Å². The summed E-state index contributed by atoms with van der Waals surface area (Å²) >= 11 is 0. The van der Waals surface area contributed by atoms with Crippen LogP contribution in [0.1, 0.15) is 11.8 Å². The van der Waals surface area contributed by atoms with E-state index in [4.69, 9.17) is 4.52 Å². The van der Waals surface area contributed by atoms with Gasteiger partial charge in [-0.2, -0.15) is 4.98 Å². The molecule has 132 valence electrons. The molecule has 1 aromatic carbocycles. The Hall–Kier alpha value is -3.13. The Morgan fingerprint density at radius 1 is 1.15 bits per heavy atom. The average Bonchev–Trinajstić information content (AvgIpc) is 3.14. The molecule has 0 spiro atoms. The molecule has 0 bridgehead atoms. The van der Waals surface area contributed by atoms with E-state index in [1.54, 1.807) is 30.4 Å². The number of likely N-dealkylation sites (tertiary alicyclic amines) is 1. The number of likely N-dealkylation sites (N-methyl/N-ethyl adjacent to an activating group) is 1. The van der Waals surface area contributed by atoms with Crippen LogP contribution in [0.15, 0.2) is 53.3 Å². The fourth-order valence-electron chi connectivity index (χ4n) is 2.85. The Morgan fingerprint density at radius 3 is 2.62 bits per heavy atom. The van der Waals surface area contributed by atoms with Crippen LogP contribution in [0.5, 0.6) is 0 Å². The van der Waals surface area contributed by atoms with Crippen molar-refractivity contribution in [2.75, 3.05) is 31.6 Å². The minimum atomic E-state index is 0.0542.